The average Bonchev–Trinajstić information content (AvgIpc) is 2.91. The van der Waals surface area contributed by atoms with E-state index in [0.717, 1.165) is 19.0 Å². The first-order chi connectivity index (χ1) is 9.86. The maximum atomic E-state index is 3.52. The molecule has 120 valence electrons. The Hall–Kier alpha value is -0.420. The second-order valence-corrected chi connectivity index (χ2v) is 8.37. The van der Waals surface area contributed by atoms with Crippen molar-refractivity contribution in [1.82, 2.24) is 15.1 Å². The summed E-state index contributed by atoms with van der Waals surface area (Å²) in [5.41, 5.74) is 1.52. The minimum atomic E-state index is 0.552. The lowest BCUT2D eigenvalue weighted by Gasteiger charge is -2.22. The summed E-state index contributed by atoms with van der Waals surface area (Å²) in [6, 6.07) is 3.66. The molecule has 0 aromatic carbocycles. The van der Waals surface area contributed by atoms with Gasteiger partial charge >= 0.3 is 0 Å². The van der Waals surface area contributed by atoms with Crippen LogP contribution in [0.15, 0.2) is 6.07 Å². The number of likely N-dealkylation sites (tertiary alicyclic amines) is 1. The van der Waals surface area contributed by atoms with Crippen molar-refractivity contribution in [3.8, 4) is 0 Å². The first-order valence-corrected chi connectivity index (χ1v) is 8.88. The SMILES string of the molecule is Cc1sc(CNC(C)C)cc1CN1CC(C)C(N(C)C)C1. The molecule has 0 radical (unpaired) electrons. The zero-order valence-corrected chi connectivity index (χ0v) is 15.3. The molecule has 2 rings (SSSR count). The zero-order valence-electron chi connectivity index (χ0n) is 14.4. The van der Waals surface area contributed by atoms with Gasteiger partial charge in [-0.3, -0.25) is 4.90 Å². The molecular formula is C17H31N3S. The average molecular weight is 310 g/mol. The predicted octanol–water partition coefficient (Wildman–Crippen LogP) is 2.94. The van der Waals surface area contributed by atoms with E-state index in [1.54, 1.807) is 0 Å². The first-order valence-electron chi connectivity index (χ1n) is 8.07. The Bertz CT molecular complexity index is 453. The van der Waals surface area contributed by atoms with E-state index in [1.807, 2.05) is 11.3 Å². The third-order valence-corrected chi connectivity index (χ3v) is 5.55. The molecule has 1 aromatic rings. The molecule has 0 bridgehead atoms. The number of aryl methyl sites for hydroxylation is 1. The Morgan fingerprint density at radius 1 is 1.38 bits per heavy atom. The third-order valence-electron chi connectivity index (χ3n) is 4.46. The number of hydrogen-bond acceptors (Lipinski definition) is 4. The summed E-state index contributed by atoms with van der Waals surface area (Å²) < 4.78 is 0. The quantitative estimate of drug-likeness (QED) is 0.871. The standard InChI is InChI=1S/C17H31N3S/c1-12(2)18-8-16-7-15(14(4)21-16)10-20-9-13(3)17(11-20)19(5)6/h7,12-13,17-18H,8-11H2,1-6H3. The van der Waals surface area contributed by atoms with Gasteiger partial charge in [0.25, 0.3) is 0 Å². The van der Waals surface area contributed by atoms with Gasteiger partial charge in [0, 0.05) is 48.0 Å². The second-order valence-electron chi connectivity index (χ2n) is 7.03. The number of thiophene rings is 1. The first kappa shape index (κ1) is 16.9. The van der Waals surface area contributed by atoms with Crippen molar-refractivity contribution >= 4 is 11.3 Å². The predicted molar refractivity (Wildman–Crippen MR) is 92.9 cm³/mol. The third kappa shape index (κ3) is 4.52. The minimum Gasteiger partial charge on any atom is -0.310 e. The number of nitrogens with zero attached hydrogens (tertiary/aromatic N) is 2. The molecule has 1 N–H and O–H groups in total. The molecule has 2 unspecified atom stereocenters. The van der Waals surface area contributed by atoms with Gasteiger partial charge in [-0.25, -0.2) is 0 Å². The van der Waals surface area contributed by atoms with Crippen LogP contribution in [0.1, 0.15) is 36.1 Å². The van der Waals surface area contributed by atoms with Crippen LogP contribution in [0.4, 0.5) is 0 Å². The highest BCUT2D eigenvalue weighted by molar-refractivity contribution is 7.12. The van der Waals surface area contributed by atoms with Crippen molar-refractivity contribution in [2.75, 3.05) is 27.2 Å². The van der Waals surface area contributed by atoms with Gasteiger partial charge < -0.3 is 10.2 Å². The topological polar surface area (TPSA) is 18.5 Å². The summed E-state index contributed by atoms with van der Waals surface area (Å²) >= 11 is 1.95. The monoisotopic (exact) mass is 309 g/mol. The van der Waals surface area contributed by atoms with Gasteiger partial charge in [0.05, 0.1) is 0 Å². The lowest BCUT2D eigenvalue weighted by Crippen LogP contribution is -2.34. The molecule has 0 spiro atoms. The lowest BCUT2D eigenvalue weighted by molar-refractivity contribution is 0.250. The van der Waals surface area contributed by atoms with E-state index in [2.05, 4.69) is 63.0 Å². The van der Waals surface area contributed by atoms with E-state index in [9.17, 15) is 0 Å². The van der Waals surface area contributed by atoms with Crippen LogP contribution in [0.3, 0.4) is 0 Å². The van der Waals surface area contributed by atoms with E-state index in [0.29, 0.717) is 12.1 Å². The smallest absolute Gasteiger partial charge is 0.0302 e. The van der Waals surface area contributed by atoms with Crippen molar-refractivity contribution < 1.29 is 0 Å². The summed E-state index contributed by atoms with van der Waals surface area (Å²) in [5.74, 6) is 0.765. The summed E-state index contributed by atoms with van der Waals surface area (Å²) in [4.78, 5) is 7.94. The van der Waals surface area contributed by atoms with Gasteiger partial charge in [-0.15, -0.1) is 11.3 Å². The highest BCUT2D eigenvalue weighted by atomic mass is 32.1. The van der Waals surface area contributed by atoms with Crippen LogP contribution in [0.25, 0.3) is 0 Å². The Kier molecular flexibility index (Phi) is 5.83. The molecule has 21 heavy (non-hydrogen) atoms. The van der Waals surface area contributed by atoms with Crippen LogP contribution in [0, 0.1) is 12.8 Å². The normalized spacial score (nSPS) is 23.6. The molecule has 4 heteroatoms. The van der Waals surface area contributed by atoms with Crippen LogP contribution in [0.2, 0.25) is 0 Å². The van der Waals surface area contributed by atoms with Gasteiger partial charge in [0.15, 0.2) is 0 Å². The largest absolute Gasteiger partial charge is 0.310 e. The molecule has 2 heterocycles. The molecular weight excluding hydrogens is 278 g/mol. The summed E-state index contributed by atoms with van der Waals surface area (Å²) in [5, 5.41) is 3.52. The number of likely N-dealkylation sites (N-methyl/N-ethyl adjacent to an activating group) is 1. The summed E-state index contributed by atoms with van der Waals surface area (Å²) in [6.45, 7) is 13.6. The molecule has 1 aliphatic heterocycles. The van der Waals surface area contributed by atoms with Crippen molar-refractivity contribution in [2.45, 2.75) is 52.9 Å². The molecule has 0 aliphatic carbocycles. The molecule has 1 aromatic heterocycles. The van der Waals surface area contributed by atoms with Gasteiger partial charge in [-0.05, 0) is 38.6 Å². The van der Waals surface area contributed by atoms with E-state index in [-0.39, 0.29) is 0 Å². The van der Waals surface area contributed by atoms with E-state index in [1.165, 1.54) is 28.4 Å². The van der Waals surface area contributed by atoms with Gasteiger partial charge in [-0.2, -0.15) is 0 Å². The molecule has 1 aliphatic rings. The fourth-order valence-electron chi connectivity index (χ4n) is 3.23. The summed E-state index contributed by atoms with van der Waals surface area (Å²) in [7, 11) is 4.41. The highest BCUT2D eigenvalue weighted by Gasteiger charge is 2.31. The van der Waals surface area contributed by atoms with Crippen LogP contribution in [0.5, 0.6) is 0 Å². The van der Waals surface area contributed by atoms with Crippen molar-refractivity contribution in [1.29, 1.82) is 0 Å². The van der Waals surface area contributed by atoms with Crippen molar-refractivity contribution in [2.24, 2.45) is 5.92 Å². The van der Waals surface area contributed by atoms with Crippen molar-refractivity contribution in [3.63, 3.8) is 0 Å². The fourth-order valence-corrected chi connectivity index (χ4v) is 4.23. The molecule has 2 atom stereocenters. The van der Waals surface area contributed by atoms with Crippen LogP contribution in [-0.4, -0.2) is 49.1 Å². The molecule has 3 nitrogen and oxygen atoms in total. The maximum Gasteiger partial charge on any atom is 0.0302 e. The van der Waals surface area contributed by atoms with Crippen LogP contribution in [-0.2, 0) is 13.1 Å². The zero-order chi connectivity index (χ0) is 15.6. The van der Waals surface area contributed by atoms with Crippen LogP contribution < -0.4 is 5.32 Å². The van der Waals surface area contributed by atoms with Crippen molar-refractivity contribution in [3.05, 3.63) is 21.4 Å². The number of rotatable bonds is 6. The van der Waals surface area contributed by atoms with Gasteiger partial charge in [-0.1, -0.05) is 20.8 Å². The molecule has 1 saturated heterocycles. The molecule has 1 fully saturated rings. The Balaban J connectivity index is 1.94. The fraction of sp³-hybridized carbons (Fsp3) is 0.765. The maximum absolute atomic E-state index is 3.52. The number of hydrogen-bond donors (Lipinski definition) is 1. The Morgan fingerprint density at radius 2 is 2.10 bits per heavy atom. The summed E-state index contributed by atoms with van der Waals surface area (Å²) in [6.07, 6.45) is 0. The highest BCUT2D eigenvalue weighted by Crippen LogP contribution is 2.26. The Morgan fingerprint density at radius 3 is 2.67 bits per heavy atom. The Labute approximate surface area is 134 Å². The van der Waals surface area contributed by atoms with E-state index in [4.69, 9.17) is 0 Å². The number of nitrogens with one attached hydrogen (secondary N) is 1. The molecule has 0 amide bonds. The van der Waals surface area contributed by atoms with E-state index >= 15 is 0 Å². The second kappa shape index (κ2) is 7.23. The molecule has 0 saturated carbocycles. The minimum absolute atomic E-state index is 0.552. The lowest BCUT2D eigenvalue weighted by atomic mass is 10.1. The van der Waals surface area contributed by atoms with Gasteiger partial charge in [0.1, 0.15) is 0 Å². The van der Waals surface area contributed by atoms with Gasteiger partial charge in [0.2, 0.25) is 0 Å². The van der Waals surface area contributed by atoms with Crippen LogP contribution >= 0.6 is 11.3 Å². The van der Waals surface area contributed by atoms with E-state index < -0.39 is 0 Å².